The van der Waals surface area contributed by atoms with E-state index in [1.54, 1.807) is 13.3 Å². The van der Waals surface area contributed by atoms with E-state index in [0.717, 1.165) is 11.2 Å². The van der Waals surface area contributed by atoms with Gasteiger partial charge in [-0.05, 0) is 26.0 Å². The second-order valence-corrected chi connectivity index (χ2v) is 4.54. The molecule has 90 valence electrons. The van der Waals surface area contributed by atoms with Crippen LogP contribution in [0, 0.1) is 13.8 Å². The van der Waals surface area contributed by atoms with Gasteiger partial charge in [0, 0.05) is 5.69 Å². The van der Waals surface area contributed by atoms with E-state index >= 15 is 0 Å². The number of rotatable bonds is 1. The zero-order valence-electron chi connectivity index (χ0n) is 10.1. The van der Waals surface area contributed by atoms with Crippen molar-refractivity contribution >= 4 is 22.8 Å². The zero-order chi connectivity index (χ0) is 12.7. The molecular weight excluding hydrogens is 248 g/mol. The van der Waals surface area contributed by atoms with Gasteiger partial charge >= 0.3 is 0 Å². The van der Waals surface area contributed by atoms with Crippen LogP contribution in [0.25, 0.3) is 16.9 Å². The molecule has 0 spiro atoms. The Morgan fingerprint density at radius 2 is 1.78 bits per heavy atom. The molecule has 0 saturated carbocycles. The number of benzene rings is 1. The van der Waals surface area contributed by atoms with Crippen molar-refractivity contribution in [2.24, 2.45) is 0 Å². The summed E-state index contributed by atoms with van der Waals surface area (Å²) in [6.45, 7) is 3.85. The van der Waals surface area contributed by atoms with E-state index in [1.807, 2.05) is 28.8 Å². The molecule has 0 amide bonds. The summed E-state index contributed by atoms with van der Waals surface area (Å²) < 4.78 is 1.90. The highest BCUT2D eigenvalue weighted by molar-refractivity contribution is 6.33. The van der Waals surface area contributed by atoms with Gasteiger partial charge in [0.1, 0.15) is 17.7 Å². The number of hydrogen-bond donors (Lipinski definition) is 0. The third-order valence-corrected chi connectivity index (χ3v) is 3.05. The fraction of sp³-hybridized carbons (Fsp3) is 0.154. The summed E-state index contributed by atoms with van der Waals surface area (Å²) in [5.74, 6) is 0.627. The van der Waals surface area contributed by atoms with E-state index in [2.05, 4.69) is 21.9 Å². The number of fused-ring (bicyclic) bond motifs is 1. The van der Waals surface area contributed by atoms with Gasteiger partial charge in [-0.25, -0.2) is 15.0 Å². The first kappa shape index (κ1) is 11.2. The second-order valence-electron chi connectivity index (χ2n) is 4.18. The topological polar surface area (TPSA) is 43.6 Å². The Morgan fingerprint density at radius 1 is 1.06 bits per heavy atom. The first-order valence-corrected chi connectivity index (χ1v) is 5.97. The van der Waals surface area contributed by atoms with Gasteiger partial charge < -0.3 is 0 Å². The number of hydrogen-bond acceptors (Lipinski definition) is 3. The molecule has 4 nitrogen and oxygen atoms in total. The molecule has 0 fully saturated rings. The highest BCUT2D eigenvalue weighted by Crippen LogP contribution is 2.23. The van der Waals surface area contributed by atoms with Crippen LogP contribution in [0.15, 0.2) is 30.6 Å². The summed E-state index contributed by atoms with van der Waals surface area (Å²) in [4.78, 5) is 12.7. The summed E-state index contributed by atoms with van der Waals surface area (Å²) >= 11 is 6.18. The molecule has 0 unspecified atom stereocenters. The minimum absolute atomic E-state index is 0.426. The number of halogens is 1. The van der Waals surface area contributed by atoms with Gasteiger partial charge in [0.15, 0.2) is 10.8 Å². The fourth-order valence-electron chi connectivity index (χ4n) is 1.89. The number of imidazole rings is 1. The van der Waals surface area contributed by atoms with Crippen molar-refractivity contribution in [3.05, 3.63) is 47.1 Å². The lowest BCUT2D eigenvalue weighted by molar-refractivity contribution is 1.06. The average molecular weight is 259 g/mol. The van der Waals surface area contributed by atoms with Crippen LogP contribution in [0.1, 0.15) is 11.4 Å². The lowest BCUT2D eigenvalue weighted by Gasteiger charge is -2.05. The van der Waals surface area contributed by atoms with Crippen LogP contribution < -0.4 is 0 Å². The normalized spacial score (nSPS) is 11.1. The van der Waals surface area contributed by atoms with Gasteiger partial charge in [-0.3, -0.25) is 4.57 Å². The molecule has 0 atom stereocenters. The standard InChI is InChI=1S/C13H11ClN4/c1-8-3-5-10(6-4-8)18-7-15-13-11(18)12(14)16-9(2)17-13/h3-7H,1-2H3. The van der Waals surface area contributed by atoms with Gasteiger partial charge in [-0.15, -0.1) is 0 Å². The monoisotopic (exact) mass is 258 g/mol. The van der Waals surface area contributed by atoms with Crippen LogP contribution in [-0.4, -0.2) is 19.5 Å². The van der Waals surface area contributed by atoms with Crippen molar-refractivity contribution in [1.82, 2.24) is 19.5 Å². The van der Waals surface area contributed by atoms with Crippen molar-refractivity contribution in [2.75, 3.05) is 0 Å². The van der Waals surface area contributed by atoms with Crippen LogP contribution >= 0.6 is 11.6 Å². The van der Waals surface area contributed by atoms with Crippen LogP contribution in [0.4, 0.5) is 0 Å². The SMILES string of the molecule is Cc1ccc(-n2cnc3nc(C)nc(Cl)c32)cc1. The Bertz CT molecular complexity index is 716. The molecule has 0 aliphatic rings. The van der Waals surface area contributed by atoms with Crippen molar-refractivity contribution < 1.29 is 0 Å². The van der Waals surface area contributed by atoms with E-state index in [4.69, 9.17) is 11.6 Å². The molecule has 0 saturated heterocycles. The summed E-state index contributed by atoms with van der Waals surface area (Å²) in [6.07, 6.45) is 1.72. The summed E-state index contributed by atoms with van der Waals surface area (Å²) in [7, 11) is 0. The molecule has 1 aromatic carbocycles. The largest absolute Gasteiger partial charge is 0.295 e. The highest BCUT2D eigenvalue weighted by atomic mass is 35.5. The maximum Gasteiger partial charge on any atom is 0.182 e. The Labute approximate surface area is 109 Å². The predicted octanol–water partition coefficient (Wildman–Crippen LogP) is 3.09. The molecule has 0 radical (unpaired) electrons. The molecule has 3 rings (SSSR count). The van der Waals surface area contributed by atoms with Crippen molar-refractivity contribution in [3.63, 3.8) is 0 Å². The first-order chi connectivity index (χ1) is 8.65. The Morgan fingerprint density at radius 3 is 2.50 bits per heavy atom. The maximum atomic E-state index is 6.18. The van der Waals surface area contributed by atoms with E-state index in [-0.39, 0.29) is 0 Å². The predicted molar refractivity (Wildman–Crippen MR) is 71.1 cm³/mol. The Kier molecular flexibility index (Phi) is 2.52. The summed E-state index contributed by atoms with van der Waals surface area (Å²) in [6, 6.07) is 8.13. The quantitative estimate of drug-likeness (QED) is 0.630. The average Bonchev–Trinajstić information content (AvgIpc) is 2.74. The molecule has 2 aromatic heterocycles. The molecule has 18 heavy (non-hydrogen) atoms. The van der Waals surface area contributed by atoms with Crippen molar-refractivity contribution in [2.45, 2.75) is 13.8 Å². The smallest absolute Gasteiger partial charge is 0.182 e. The van der Waals surface area contributed by atoms with E-state index < -0.39 is 0 Å². The van der Waals surface area contributed by atoms with Gasteiger partial charge in [0.05, 0.1) is 0 Å². The summed E-state index contributed by atoms with van der Waals surface area (Å²) in [5.41, 5.74) is 3.57. The van der Waals surface area contributed by atoms with Crippen molar-refractivity contribution in [3.8, 4) is 5.69 Å². The molecule has 2 heterocycles. The van der Waals surface area contributed by atoms with E-state index in [1.165, 1.54) is 5.56 Å². The molecule has 0 N–H and O–H groups in total. The highest BCUT2D eigenvalue weighted by Gasteiger charge is 2.11. The van der Waals surface area contributed by atoms with E-state index in [9.17, 15) is 0 Å². The minimum atomic E-state index is 0.426. The third kappa shape index (κ3) is 1.75. The van der Waals surface area contributed by atoms with Crippen LogP contribution in [0.3, 0.4) is 0 Å². The van der Waals surface area contributed by atoms with Gasteiger partial charge in [0.25, 0.3) is 0 Å². The maximum absolute atomic E-state index is 6.18. The van der Waals surface area contributed by atoms with Crippen molar-refractivity contribution in [1.29, 1.82) is 0 Å². The summed E-state index contributed by atoms with van der Waals surface area (Å²) in [5, 5.41) is 0.426. The Hall–Kier alpha value is -1.94. The molecule has 0 aliphatic heterocycles. The lowest BCUT2D eigenvalue weighted by Crippen LogP contribution is -1.96. The fourth-order valence-corrected chi connectivity index (χ4v) is 2.18. The number of aryl methyl sites for hydroxylation is 2. The van der Waals surface area contributed by atoms with Gasteiger partial charge in [-0.2, -0.15) is 0 Å². The first-order valence-electron chi connectivity index (χ1n) is 5.59. The van der Waals surface area contributed by atoms with Crippen LogP contribution in [-0.2, 0) is 0 Å². The lowest BCUT2D eigenvalue weighted by atomic mass is 10.2. The zero-order valence-corrected chi connectivity index (χ0v) is 10.8. The van der Waals surface area contributed by atoms with Gasteiger partial charge in [0.2, 0.25) is 0 Å². The second kappa shape index (κ2) is 4.07. The molecule has 5 heteroatoms. The molecule has 3 aromatic rings. The van der Waals surface area contributed by atoms with E-state index in [0.29, 0.717) is 16.6 Å². The minimum Gasteiger partial charge on any atom is -0.295 e. The Balaban J connectivity index is 2.27. The van der Waals surface area contributed by atoms with Crippen LogP contribution in [0.5, 0.6) is 0 Å². The third-order valence-electron chi connectivity index (χ3n) is 2.78. The molecule has 0 bridgehead atoms. The number of nitrogens with zero attached hydrogens (tertiary/aromatic N) is 4. The molecule has 0 aliphatic carbocycles. The number of aromatic nitrogens is 4. The van der Waals surface area contributed by atoms with Gasteiger partial charge in [-0.1, -0.05) is 29.3 Å². The van der Waals surface area contributed by atoms with Crippen LogP contribution in [0.2, 0.25) is 5.15 Å². The molecular formula is C13H11ClN4.